The minimum atomic E-state index is -0.433. The number of carbonyl (C=O) groups excluding carboxylic acids is 2. The summed E-state index contributed by atoms with van der Waals surface area (Å²) in [6.45, 7) is 0. The molecule has 4 nitrogen and oxygen atoms in total. The molecule has 1 amide bonds. The van der Waals surface area contributed by atoms with Crippen LogP contribution in [0.25, 0.3) is 0 Å². The molecule has 112 valence electrons. The number of hydrogen-bond acceptors (Lipinski definition) is 3. The molecule has 5 heteroatoms. The van der Waals surface area contributed by atoms with E-state index in [0.717, 1.165) is 23.7 Å². The second kappa shape index (κ2) is 5.79. The van der Waals surface area contributed by atoms with Gasteiger partial charge in [-0.25, -0.2) is 4.79 Å². The molecule has 1 aliphatic heterocycles. The zero-order valence-corrected chi connectivity index (χ0v) is 13.6. The van der Waals surface area contributed by atoms with E-state index in [-0.39, 0.29) is 17.9 Å². The van der Waals surface area contributed by atoms with Gasteiger partial charge < -0.3 is 9.64 Å². The quantitative estimate of drug-likeness (QED) is 0.769. The fourth-order valence-corrected chi connectivity index (χ4v) is 4.11. The Balaban J connectivity index is 1.99. The Hall–Kier alpha value is -1.36. The van der Waals surface area contributed by atoms with Gasteiger partial charge in [-0.1, -0.05) is 28.1 Å². The molecule has 1 fully saturated rings. The molecular weight excluding hydrogens is 334 g/mol. The molecule has 0 spiro atoms. The summed E-state index contributed by atoms with van der Waals surface area (Å²) in [6, 6.07) is 5.66. The summed E-state index contributed by atoms with van der Waals surface area (Å²) in [5.41, 5.74) is 2.43. The fourth-order valence-electron chi connectivity index (χ4n) is 3.53. The lowest BCUT2D eigenvalue weighted by Crippen LogP contribution is -2.42. The Morgan fingerprint density at radius 1 is 1.33 bits per heavy atom. The van der Waals surface area contributed by atoms with Crippen LogP contribution in [-0.2, 0) is 20.7 Å². The topological polar surface area (TPSA) is 46.6 Å². The van der Waals surface area contributed by atoms with Crippen molar-refractivity contribution in [2.24, 2.45) is 0 Å². The number of esters is 1. The fraction of sp³-hybridized carbons (Fsp3) is 0.500. The highest BCUT2D eigenvalue weighted by molar-refractivity contribution is 9.10. The van der Waals surface area contributed by atoms with Crippen molar-refractivity contribution >= 4 is 27.8 Å². The maximum absolute atomic E-state index is 12.3. The van der Waals surface area contributed by atoms with Gasteiger partial charge in [-0.2, -0.15) is 0 Å². The molecule has 0 saturated carbocycles. The molecule has 21 heavy (non-hydrogen) atoms. The smallest absolute Gasteiger partial charge is 0.328 e. The number of rotatable bonds is 2. The molecule has 2 atom stereocenters. The van der Waals surface area contributed by atoms with Gasteiger partial charge in [0.25, 0.3) is 0 Å². The van der Waals surface area contributed by atoms with Gasteiger partial charge in [0.05, 0.1) is 13.2 Å². The van der Waals surface area contributed by atoms with Gasteiger partial charge in [-0.05, 0) is 42.9 Å². The van der Waals surface area contributed by atoms with Gasteiger partial charge in [0, 0.05) is 10.9 Å². The zero-order valence-electron chi connectivity index (χ0n) is 12.0. The van der Waals surface area contributed by atoms with Crippen LogP contribution in [0.1, 0.15) is 42.9 Å². The monoisotopic (exact) mass is 351 g/mol. The van der Waals surface area contributed by atoms with Crippen molar-refractivity contribution in [2.75, 3.05) is 7.11 Å². The number of carbonyl (C=O) groups is 2. The lowest BCUT2D eigenvalue weighted by molar-refractivity contribution is -0.151. The second-order valence-electron chi connectivity index (χ2n) is 5.59. The molecule has 2 aliphatic rings. The van der Waals surface area contributed by atoms with Crippen LogP contribution in [-0.4, -0.2) is 29.9 Å². The largest absolute Gasteiger partial charge is 0.467 e. The van der Waals surface area contributed by atoms with Crippen LogP contribution in [0.5, 0.6) is 0 Å². The third-order valence-corrected chi connectivity index (χ3v) is 5.23. The normalized spacial score (nSPS) is 24.9. The highest BCUT2D eigenvalue weighted by atomic mass is 79.9. The average Bonchev–Trinajstić information content (AvgIpc) is 2.88. The Morgan fingerprint density at radius 2 is 2.14 bits per heavy atom. The third-order valence-electron chi connectivity index (χ3n) is 4.48. The van der Waals surface area contributed by atoms with Crippen LogP contribution in [0, 0.1) is 0 Å². The number of ether oxygens (including phenoxy) is 1. The molecular formula is C16H18BrNO3. The van der Waals surface area contributed by atoms with E-state index in [2.05, 4.69) is 22.0 Å². The summed E-state index contributed by atoms with van der Waals surface area (Å²) < 4.78 is 5.96. The summed E-state index contributed by atoms with van der Waals surface area (Å²) in [5.74, 6) is -0.244. The lowest BCUT2D eigenvalue weighted by atomic mass is 9.86. The SMILES string of the molecule is COC(=O)C1CCC(=O)N1C1CCCc2c(Br)cccc21. The summed E-state index contributed by atoms with van der Waals surface area (Å²) in [7, 11) is 1.38. The number of benzene rings is 1. The van der Waals surface area contributed by atoms with Crippen LogP contribution >= 0.6 is 15.9 Å². The minimum absolute atomic E-state index is 0.00894. The van der Waals surface area contributed by atoms with Crippen molar-refractivity contribution in [2.45, 2.75) is 44.2 Å². The number of hydrogen-bond donors (Lipinski definition) is 0. The van der Waals surface area contributed by atoms with E-state index in [0.29, 0.717) is 12.8 Å². The summed E-state index contributed by atoms with van der Waals surface area (Å²) >= 11 is 3.60. The number of likely N-dealkylation sites (tertiary alicyclic amines) is 1. The highest BCUT2D eigenvalue weighted by Gasteiger charge is 2.42. The van der Waals surface area contributed by atoms with Crippen molar-refractivity contribution in [3.05, 3.63) is 33.8 Å². The van der Waals surface area contributed by atoms with E-state index in [4.69, 9.17) is 4.74 Å². The van der Waals surface area contributed by atoms with Gasteiger partial charge in [0.1, 0.15) is 6.04 Å². The predicted molar refractivity (Wildman–Crippen MR) is 81.7 cm³/mol. The van der Waals surface area contributed by atoms with E-state index in [1.54, 1.807) is 4.90 Å². The van der Waals surface area contributed by atoms with E-state index < -0.39 is 6.04 Å². The van der Waals surface area contributed by atoms with Gasteiger partial charge in [-0.15, -0.1) is 0 Å². The molecule has 1 saturated heterocycles. The summed E-state index contributed by atoms with van der Waals surface area (Å²) in [6.07, 6.45) is 3.93. The van der Waals surface area contributed by atoms with Crippen LogP contribution < -0.4 is 0 Å². The van der Waals surface area contributed by atoms with Gasteiger partial charge >= 0.3 is 5.97 Å². The number of halogens is 1. The van der Waals surface area contributed by atoms with Crippen molar-refractivity contribution in [1.82, 2.24) is 4.90 Å². The number of fused-ring (bicyclic) bond motifs is 1. The van der Waals surface area contributed by atoms with E-state index in [1.165, 1.54) is 18.2 Å². The van der Waals surface area contributed by atoms with Crippen molar-refractivity contribution in [3.63, 3.8) is 0 Å². The molecule has 3 rings (SSSR count). The molecule has 0 bridgehead atoms. The molecule has 1 aliphatic carbocycles. The van der Waals surface area contributed by atoms with Crippen molar-refractivity contribution < 1.29 is 14.3 Å². The Bertz CT molecular complexity index is 587. The van der Waals surface area contributed by atoms with Crippen LogP contribution in [0.4, 0.5) is 0 Å². The summed E-state index contributed by atoms with van der Waals surface area (Å²) in [5, 5.41) is 0. The molecule has 1 heterocycles. The maximum Gasteiger partial charge on any atom is 0.328 e. The summed E-state index contributed by atoms with van der Waals surface area (Å²) in [4.78, 5) is 26.0. The van der Waals surface area contributed by atoms with E-state index in [9.17, 15) is 9.59 Å². The van der Waals surface area contributed by atoms with Gasteiger partial charge in [0.15, 0.2) is 0 Å². The first-order valence-corrected chi connectivity index (χ1v) is 8.09. The van der Waals surface area contributed by atoms with E-state index >= 15 is 0 Å². The number of amides is 1. The van der Waals surface area contributed by atoms with Crippen molar-refractivity contribution in [1.29, 1.82) is 0 Å². The Labute approximate surface area is 132 Å². The van der Waals surface area contributed by atoms with Gasteiger partial charge in [0.2, 0.25) is 5.91 Å². The Morgan fingerprint density at radius 3 is 2.90 bits per heavy atom. The first kappa shape index (κ1) is 14.6. The molecule has 1 aromatic carbocycles. The second-order valence-corrected chi connectivity index (χ2v) is 6.45. The molecule has 0 aromatic heterocycles. The predicted octanol–water partition coefficient (Wildman–Crippen LogP) is 2.99. The zero-order chi connectivity index (χ0) is 15.0. The number of nitrogens with zero attached hydrogens (tertiary/aromatic N) is 1. The van der Waals surface area contributed by atoms with Crippen LogP contribution in [0.3, 0.4) is 0 Å². The Kier molecular flexibility index (Phi) is 4.02. The highest BCUT2D eigenvalue weighted by Crippen LogP contribution is 2.41. The maximum atomic E-state index is 12.3. The number of methoxy groups -OCH3 is 1. The third kappa shape index (κ3) is 2.48. The standard InChI is InChI=1S/C16H18BrNO3/c1-21-16(20)14-8-9-15(19)18(14)13-7-3-4-10-11(13)5-2-6-12(10)17/h2,5-6,13-14H,3-4,7-9H2,1H3. The first-order chi connectivity index (χ1) is 10.1. The van der Waals surface area contributed by atoms with Crippen LogP contribution in [0.2, 0.25) is 0 Å². The first-order valence-electron chi connectivity index (χ1n) is 7.29. The molecule has 1 aromatic rings. The molecule has 0 radical (unpaired) electrons. The minimum Gasteiger partial charge on any atom is -0.467 e. The van der Waals surface area contributed by atoms with E-state index in [1.807, 2.05) is 12.1 Å². The van der Waals surface area contributed by atoms with Crippen molar-refractivity contribution in [3.8, 4) is 0 Å². The average molecular weight is 352 g/mol. The van der Waals surface area contributed by atoms with Gasteiger partial charge in [-0.3, -0.25) is 4.79 Å². The van der Waals surface area contributed by atoms with Crippen LogP contribution in [0.15, 0.2) is 22.7 Å². The lowest BCUT2D eigenvalue weighted by Gasteiger charge is -2.36. The molecule has 2 unspecified atom stereocenters. The molecule has 0 N–H and O–H groups in total.